The van der Waals surface area contributed by atoms with Crippen LogP contribution in [-0.4, -0.2) is 9.61 Å². The Hall–Kier alpha value is -1.31. The van der Waals surface area contributed by atoms with Crippen molar-refractivity contribution in [3.05, 3.63) is 35.7 Å². The number of rotatable bonds is 2. The highest BCUT2D eigenvalue weighted by molar-refractivity contribution is 5.57. The number of hydrogen-bond donors (Lipinski definition) is 0. The van der Waals surface area contributed by atoms with Gasteiger partial charge in [-0.05, 0) is 35.1 Å². The zero-order valence-electron chi connectivity index (χ0n) is 9.86. The molecular weight excluding hydrogens is 184 g/mol. The van der Waals surface area contributed by atoms with E-state index in [1.807, 2.05) is 16.9 Å². The summed E-state index contributed by atoms with van der Waals surface area (Å²) in [5.74, 6) is 1.09. The van der Waals surface area contributed by atoms with Crippen LogP contribution < -0.4 is 0 Å². The molecule has 80 valence electrons. The molecule has 2 heterocycles. The second-order valence-corrected chi connectivity index (χ2v) is 4.70. The second kappa shape index (κ2) is 3.69. The molecule has 0 aliphatic rings. The van der Waals surface area contributed by atoms with Crippen molar-refractivity contribution in [2.24, 2.45) is 0 Å². The SMILES string of the molecule is CC(C)c1cnn2ccc(C(C)C)c2c1. The molecule has 0 atom stereocenters. The Bertz CT molecular complexity index is 466. The van der Waals surface area contributed by atoms with Gasteiger partial charge in [-0.3, -0.25) is 0 Å². The van der Waals surface area contributed by atoms with E-state index in [9.17, 15) is 0 Å². The summed E-state index contributed by atoms with van der Waals surface area (Å²) in [7, 11) is 0. The van der Waals surface area contributed by atoms with Crippen molar-refractivity contribution in [1.82, 2.24) is 9.61 Å². The lowest BCUT2D eigenvalue weighted by Crippen LogP contribution is -1.96. The van der Waals surface area contributed by atoms with Crippen molar-refractivity contribution < 1.29 is 0 Å². The minimum absolute atomic E-state index is 0.539. The monoisotopic (exact) mass is 202 g/mol. The molecule has 2 aromatic rings. The van der Waals surface area contributed by atoms with E-state index in [-0.39, 0.29) is 0 Å². The first kappa shape index (κ1) is 10.2. The van der Waals surface area contributed by atoms with Gasteiger partial charge in [0.05, 0.1) is 11.7 Å². The molecule has 0 aromatic carbocycles. The van der Waals surface area contributed by atoms with E-state index >= 15 is 0 Å². The van der Waals surface area contributed by atoms with E-state index in [2.05, 4.69) is 44.9 Å². The summed E-state index contributed by atoms with van der Waals surface area (Å²) >= 11 is 0. The minimum Gasteiger partial charge on any atom is -0.241 e. The Labute approximate surface area is 90.9 Å². The van der Waals surface area contributed by atoms with Gasteiger partial charge in [-0.15, -0.1) is 0 Å². The van der Waals surface area contributed by atoms with Crippen LogP contribution in [0.3, 0.4) is 0 Å². The molecule has 2 heteroatoms. The fourth-order valence-electron chi connectivity index (χ4n) is 1.83. The largest absolute Gasteiger partial charge is 0.241 e. The molecule has 0 N–H and O–H groups in total. The molecule has 2 rings (SSSR count). The molecule has 15 heavy (non-hydrogen) atoms. The smallest absolute Gasteiger partial charge is 0.0684 e. The van der Waals surface area contributed by atoms with Gasteiger partial charge in [-0.25, -0.2) is 4.52 Å². The van der Waals surface area contributed by atoms with Gasteiger partial charge in [-0.1, -0.05) is 27.7 Å². The van der Waals surface area contributed by atoms with Crippen LogP contribution >= 0.6 is 0 Å². The molecular formula is C13H18N2. The normalized spacial score (nSPS) is 11.9. The van der Waals surface area contributed by atoms with Crippen molar-refractivity contribution in [3.63, 3.8) is 0 Å². The fraction of sp³-hybridized carbons (Fsp3) is 0.462. The predicted molar refractivity (Wildman–Crippen MR) is 63.4 cm³/mol. The van der Waals surface area contributed by atoms with Crippen molar-refractivity contribution in [2.45, 2.75) is 39.5 Å². The molecule has 2 nitrogen and oxygen atoms in total. The van der Waals surface area contributed by atoms with Gasteiger partial charge in [0.15, 0.2) is 0 Å². The molecule has 0 radical (unpaired) electrons. The summed E-state index contributed by atoms with van der Waals surface area (Å²) in [4.78, 5) is 0. The van der Waals surface area contributed by atoms with Crippen LogP contribution in [0.15, 0.2) is 24.5 Å². The maximum absolute atomic E-state index is 4.42. The zero-order chi connectivity index (χ0) is 11.0. The third-order valence-corrected chi connectivity index (χ3v) is 2.86. The number of nitrogens with zero attached hydrogens (tertiary/aromatic N) is 2. The molecule has 2 aromatic heterocycles. The first-order valence-electron chi connectivity index (χ1n) is 5.56. The van der Waals surface area contributed by atoms with E-state index in [1.165, 1.54) is 16.6 Å². The van der Waals surface area contributed by atoms with Gasteiger partial charge in [0.2, 0.25) is 0 Å². The highest BCUT2D eigenvalue weighted by Gasteiger charge is 2.08. The molecule has 0 unspecified atom stereocenters. The number of fused-ring (bicyclic) bond motifs is 1. The van der Waals surface area contributed by atoms with Gasteiger partial charge in [0.25, 0.3) is 0 Å². The molecule has 0 fully saturated rings. The number of hydrogen-bond acceptors (Lipinski definition) is 1. The quantitative estimate of drug-likeness (QED) is 0.727. The molecule has 0 aliphatic heterocycles. The van der Waals surface area contributed by atoms with E-state index < -0.39 is 0 Å². The van der Waals surface area contributed by atoms with Gasteiger partial charge < -0.3 is 0 Å². The first-order chi connectivity index (χ1) is 7.09. The van der Waals surface area contributed by atoms with Crippen molar-refractivity contribution >= 4 is 5.52 Å². The molecule has 0 aliphatic carbocycles. The summed E-state index contributed by atoms with van der Waals surface area (Å²) in [6.07, 6.45) is 4.00. The Morgan fingerprint density at radius 2 is 1.87 bits per heavy atom. The summed E-state index contributed by atoms with van der Waals surface area (Å²) in [5, 5.41) is 4.42. The molecule has 0 bridgehead atoms. The molecule has 0 amide bonds. The van der Waals surface area contributed by atoms with Crippen LogP contribution in [0.1, 0.15) is 50.7 Å². The maximum Gasteiger partial charge on any atom is 0.0684 e. The standard InChI is InChI=1S/C13H18N2/c1-9(2)11-7-13-12(10(3)4)5-6-15(13)14-8-11/h5-10H,1-4H3. The molecule has 0 saturated heterocycles. The van der Waals surface area contributed by atoms with Gasteiger partial charge in [0, 0.05) is 6.20 Å². The van der Waals surface area contributed by atoms with Gasteiger partial charge in [0.1, 0.15) is 0 Å². The second-order valence-electron chi connectivity index (χ2n) is 4.70. The van der Waals surface area contributed by atoms with Gasteiger partial charge >= 0.3 is 0 Å². The third-order valence-electron chi connectivity index (χ3n) is 2.86. The highest BCUT2D eigenvalue weighted by atomic mass is 15.2. The summed E-state index contributed by atoms with van der Waals surface area (Å²) in [5.41, 5.74) is 3.93. The lowest BCUT2D eigenvalue weighted by atomic mass is 10.0. The highest BCUT2D eigenvalue weighted by Crippen LogP contribution is 2.23. The lowest BCUT2D eigenvalue weighted by Gasteiger charge is -2.07. The first-order valence-corrected chi connectivity index (χ1v) is 5.56. The summed E-state index contributed by atoms with van der Waals surface area (Å²) < 4.78 is 1.96. The molecule has 0 saturated carbocycles. The fourth-order valence-corrected chi connectivity index (χ4v) is 1.83. The number of aromatic nitrogens is 2. The minimum atomic E-state index is 0.539. The average Bonchev–Trinajstić information content (AvgIpc) is 2.59. The van der Waals surface area contributed by atoms with Crippen LogP contribution in [0.2, 0.25) is 0 Å². The average molecular weight is 202 g/mol. The van der Waals surface area contributed by atoms with E-state index in [0.717, 1.165) is 0 Å². The summed E-state index contributed by atoms with van der Waals surface area (Å²) in [6.45, 7) is 8.84. The maximum atomic E-state index is 4.42. The van der Waals surface area contributed by atoms with Crippen molar-refractivity contribution in [3.8, 4) is 0 Å². The van der Waals surface area contributed by atoms with E-state index in [0.29, 0.717) is 11.8 Å². The predicted octanol–water partition coefficient (Wildman–Crippen LogP) is 3.58. The van der Waals surface area contributed by atoms with Gasteiger partial charge in [-0.2, -0.15) is 5.10 Å². The Morgan fingerprint density at radius 1 is 1.13 bits per heavy atom. The van der Waals surface area contributed by atoms with Crippen LogP contribution in [0.25, 0.3) is 5.52 Å². The van der Waals surface area contributed by atoms with Crippen LogP contribution in [0.5, 0.6) is 0 Å². The van der Waals surface area contributed by atoms with E-state index in [4.69, 9.17) is 0 Å². The topological polar surface area (TPSA) is 17.3 Å². The van der Waals surface area contributed by atoms with Crippen molar-refractivity contribution in [1.29, 1.82) is 0 Å². The Morgan fingerprint density at radius 3 is 2.47 bits per heavy atom. The lowest BCUT2D eigenvalue weighted by molar-refractivity contribution is 0.825. The Balaban J connectivity index is 2.61. The van der Waals surface area contributed by atoms with E-state index in [1.54, 1.807) is 0 Å². The van der Waals surface area contributed by atoms with Crippen LogP contribution in [0.4, 0.5) is 0 Å². The zero-order valence-corrected chi connectivity index (χ0v) is 9.86. The van der Waals surface area contributed by atoms with Crippen molar-refractivity contribution in [2.75, 3.05) is 0 Å². The Kier molecular flexibility index (Phi) is 2.51. The molecule has 0 spiro atoms. The van der Waals surface area contributed by atoms with Crippen LogP contribution in [0, 0.1) is 0 Å². The summed E-state index contributed by atoms with van der Waals surface area (Å²) in [6, 6.07) is 4.42. The third kappa shape index (κ3) is 1.76. The van der Waals surface area contributed by atoms with Crippen LogP contribution in [-0.2, 0) is 0 Å².